The van der Waals surface area contributed by atoms with Gasteiger partial charge >= 0.3 is 0 Å². The number of anilines is 2. The van der Waals surface area contributed by atoms with Gasteiger partial charge in [-0.1, -0.05) is 66.2 Å². The lowest BCUT2D eigenvalue weighted by atomic mass is 9.74. The van der Waals surface area contributed by atoms with Crippen LogP contribution in [0.2, 0.25) is 5.02 Å². The van der Waals surface area contributed by atoms with Crippen molar-refractivity contribution in [2.24, 2.45) is 11.8 Å². The summed E-state index contributed by atoms with van der Waals surface area (Å²) in [7, 11) is 0. The molecular formula is C30H30ClN3O4S. The highest BCUT2D eigenvalue weighted by molar-refractivity contribution is 8.02. The first kappa shape index (κ1) is 26.2. The number of nitrogens with zero attached hydrogens (tertiary/aromatic N) is 3. The molecule has 2 aromatic carbocycles. The summed E-state index contributed by atoms with van der Waals surface area (Å²) < 4.78 is -1.63. The van der Waals surface area contributed by atoms with Gasteiger partial charge in [0, 0.05) is 36.7 Å². The Bertz CT molecular complexity index is 1380. The van der Waals surface area contributed by atoms with Crippen LogP contribution in [0.3, 0.4) is 0 Å². The zero-order valence-corrected chi connectivity index (χ0v) is 23.1. The number of para-hydroxylation sites is 2. The molecule has 202 valence electrons. The van der Waals surface area contributed by atoms with Crippen molar-refractivity contribution in [2.75, 3.05) is 36.0 Å². The number of benzene rings is 2. The number of hydrogen-bond donors (Lipinski definition) is 1. The van der Waals surface area contributed by atoms with Crippen LogP contribution in [0.4, 0.5) is 11.4 Å². The van der Waals surface area contributed by atoms with E-state index in [2.05, 4.69) is 0 Å². The van der Waals surface area contributed by atoms with E-state index in [1.165, 1.54) is 0 Å². The normalized spacial score (nSPS) is 31.7. The van der Waals surface area contributed by atoms with E-state index in [-0.39, 0.29) is 30.9 Å². The molecule has 5 atom stereocenters. The molecule has 9 heteroatoms. The third-order valence-electron chi connectivity index (χ3n) is 8.33. The van der Waals surface area contributed by atoms with Gasteiger partial charge in [0.15, 0.2) is 0 Å². The van der Waals surface area contributed by atoms with Crippen LogP contribution in [0.5, 0.6) is 0 Å². The van der Waals surface area contributed by atoms with Crippen LogP contribution in [0, 0.1) is 11.8 Å². The number of carbonyl (C=O) groups excluding carboxylic acids is 3. The van der Waals surface area contributed by atoms with Gasteiger partial charge in [-0.3, -0.25) is 14.4 Å². The summed E-state index contributed by atoms with van der Waals surface area (Å²) in [4.78, 5) is 48.1. The van der Waals surface area contributed by atoms with E-state index in [1.807, 2.05) is 73.7 Å². The molecule has 39 heavy (non-hydrogen) atoms. The Morgan fingerprint density at radius 2 is 1.59 bits per heavy atom. The Morgan fingerprint density at radius 1 is 0.897 bits per heavy atom. The molecule has 1 unspecified atom stereocenters. The average molecular weight is 564 g/mol. The second-order valence-corrected chi connectivity index (χ2v) is 12.8. The molecule has 1 N–H and O–H groups in total. The Labute approximate surface area is 237 Å². The van der Waals surface area contributed by atoms with Gasteiger partial charge in [0.05, 0.1) is 27.3 Å². The second kappa shape index (κ2) is 9.84. The summed E-state index contributed by atoms with van der Waals surface area (Å²) in [6, 6.07) is 15.8. The van der Waals surface area contributed by atoms with Crippen molar-refractivity contribution in [1.29, 1.82) is 0 Å². The molecule has 4 aliphatic rings. The van der Waals surface area contributed by atoms with Crippen LogP contribution >= 0.6 is 23.4 Å². The first-order valence-electron chi connectivity index (χ1n) is 13.2. The van der Waals surface area contributed by atoms with Gasteiger partial charge in [0.2, 0.25) is 11.8 Å². The number of fused-ring (bicyclic) bond motifs is 2. The fourth-order valence-corrected chi connectivity index (χ4v) is 9.12. The highest BCUT2D eigenvalue weighted by Crippen LogP contribution is 2.65. The van der Waals surface area contributed by atoms with Crippen molar-refractivity contribution in [1.82, 2.24) is 4.90 Å². The fourth-order valence-electron chi connectivity index (χ4n) is 6.73. The summed E-state index contributed by atoms with van der Waals surface area (Å²) in [6.45, 7) is 2.85. The van der Waals surface area contributed by atoms with Crippen LogP contribution < -0.4 is 9.80 Å². The smallest absolute Gasteiger partial charge is 0.251 e. The van der Waals surface area contributed by atoms with Gasteiger partial charge in [0.25, 0.3) is 5.91 Å². The number of thioether (sulfide) groups is 1. The molecule has 3 amide bonds. The van der Waals surface area contributed by atoms with E-state index in [0.29, 0.717) is 30.2 Å². The van der Waals surface area contributed by atoms with Crippen molar-refractivity contribution in [3.8, 4) is 0 Å². The van der Waals surface area contributed by atoms with E-state index in [1.54, 1.807) is 38.6 Å². The molecule has 2 saturated heterocycles. The first-order chi connectivity index (χ1) is 18.8. The third kappa shape index (κ3) is 3.95. The summed E-state index contributed by atoms with van der Waals surface area (Å²) in [5.41, 5.74) is 1.36. The lowest BCUT2D eigenvalue weighted by molar-refractivity contribution is -0.139. The van der Waals surface area contributed by atoms with Gasteiger partial charge in [-0.2, -0.15) is 0 Å². The largest absolute Gasteiger partial charge is 0.396 e. The van der Waals surface area contributed by atoms with Gasteiger partial charge in [-0.05, 0) is 37.6 Å². The first-order valence-corrected chi connectivity index (χ1v) is 14.4. The van der Waals surface area contributed by atoms with Crippen molar-refractivity contribution < 1.29 is 19.5 Å². The Balaban J connectivity index is 1.48. The van der Waals surface area contributed by atoms with Crippen LogP contribution in [0.15, 0.2) is 78.9 Å². The fraction of sp³-hybridized carbons (Fsp3) is 0.367. The van der Waals surface area contributed by atoms with E-state index >= 15 is 0 Å². The minimum Gasteiger partial charge on any atom is -0.396 e. The lowest BCUT2D eigenvalue weighted by Crippen LogP contribution is -2.53. The zero-order valence-electron chi connectivity index (χ0n) is 21.6. The van der Waals surface area contributed by atoms with Crippen LogP contribution in [-0.4, -0.2) is 69.5 Å². The molecule has 7 nitrogen and oxygen atoms in total. The number of rotatable bonds is 5. The van der Waals surface area contributed by atoms with Gasteiger partial charge in [-0.15, -0.1) is 11.8 Å². The number of amides is 3. The van der Waals surface area contributed by atoms with Crippen molar-refractivity contribution >= 4 is 52.5 Å². The standard InChI is InChI=1S/C30H30ClN3O4S/c1-29-14-7-16-32(20-10-3-2-4-11-20)26(36)23(29)24-27(37)34(18-9-19-35)25-28(38)33(17-8-15-30(24,25)39-29)22-13-6-5-12-21(22)31/h2-8,10-15,23-25,35H,9,16-19H2,1H3/t23-,24-,25?,29+,30-/m0/s1. The van der Waals surface area contributed by atoms with Crippen molar-refractivity contribution in [3.05, 3.63) is 83.9 Å². The van der Waals surface area contributed by atoms with Gasteiger partial charge in [0.1, 0.15) is 6.04 Å². The molecule has 4 heterocycles. The molecule has 2 fully saturated rings. The van der Waals surface area contributed by atoms with E-state index in [9.17, 15) is 19.5 Å². The predicted octanol–water partition coefficient (Wildman–Crippen LogP) is 3.92. The average Bonchev–Trinajstić information content (AvgIpc) is 3.19. The molecule has 0 saturated carbocycles. The quantitative estimate of drug-likeness (QED) is 0.558. The molecule has 0 radical (unpaired) electrons. The number of hydrogen-bond acceptors (Lipinski definition) is 5. The topological polar surface area (TPSA) is 81.2 Å². The highest BCUT2D eigenvalue weighted by atomic mass is 35.5. The number of aliphatic hydroxyl groups is 1. The highest BCUT2D eigenvalue weighted by Gasteiger charge is 2.74. The van der Waals surface area contributed by atoms with E-state index in [0.717, 1.165) is 5.69 Å². The maximum Gasteiger partial charge on any atom is 0.251 e. The molecule has 4 aliphatic heterocycles. The zero-order chi connectivity index (χ0) is 27.4. The Kier molecular flexibility index (Phi) is 6.60. The van der Waals surface area contributed by atoms with Crippen molar-refractivity contribution in [2.45, 2.75) is 28.9 Å². The van der Waals surface area contributed by atoms with E-state index in [4.69, 9.17) is 11.6 Å². The number of likely N-dealkylation sites (tertiary alicyclic amines) is 1. The molecule has 0 aliphatic carbocycles. The second-order valence-electron chi connectivity index (χ2n) is 10.6. The predicted molar refractivity (Wildman–Crippen MR) is 154 cm³/mol. The lowest BCUT2D eigenvalue weighted by Gasteiger charge is -2.37. The molecule has 6 rings (SSSR count). The SMILES string of the molecule is C[C@@]12C=CCN(c3ccccc3)C(=O)[C@@H]1[C@H]1C(=O)N(CCCO)C3C(=O)N(c4ccccc4Cl)CC=C[C@@]31S2. The van der Waals surface area contributed by atoms with Crippen LogP contribution in [0.1, 0.15) is 13.3 Å². The maximum atomic E-state index is 14.4. The minimum absolute atomic E-state index is 0.107. The third-order valence-corrected chi connectivity index (χ3v) is 10.4. The summed E-state index contributed by atoms with van der Waals surface area (Å²) >= 11 is 8.06. The summed E-state index contributed by atoms with van der Waals surface area (Å²) in [5, 5.41) is 10.1. The van der Waals surface area contributed by atoms with Crippen molar-refractivity contribution in [3.63, 3.8) is 0 Å². The monoisotopic (exact) mass is 563 g/mol. The summed E-state index contributed by atoms with van der Waals surface area (Å²) in [5.74, 6) is -1.97. The number of aliphatic hydroxyl groups excluding tert-OH is 1. The van der Waals surface area contributed by atoms with Crippen LogP contribution in [0.25, 0.3) is 0 Å². The molecular weight excluding hydrogens is 534 g/mol. The van der Waals surface area contributed by atoms with Gasteiger partial charge in [-0.25, -0.2) is 0 Å². The summed E-state index contributed by atoms with van der Waals surface area (Å²) in [6.07, 6.45) is 8.31. The molecule has 1 spiro atoms. The Hall–Kier alpha value is -3.07. The Morgan fingerprint density at radius 3 is 2.33 bits per heavy atom. The number of halogens is 1. The van der Waals surface area contributed by atoms with Gasteiger partial charge < -0.3 is 19.8 Å². The van der Waals surface area contributed by atoms with E-state index < -0.39 is 27.4 Å². The minimum atomic E-state index is -0.946. The molecule has 0 bridgehead atoms. The maximum absolute atomic E-state index is 14.4. The molecule has 0 aromatic heterocycles. The molecule has 2 aromatic rings. The van der Waals surface area contributed by atoms with Crippen LogP contribution in [-0.2, 0) is 14.4 Å². The number of carbonyl (C=O) groups is 3.